The summed E-state index contributed by atoms with van der Waals surface area (Å²) in [6.45, 7) is 1.67. The van der Waals surface area contributed by atoms with E-state index < -0.39 is 5.97 Å². The van der Waals surface area contributed by atoms with E-state index in [1.807, 2.05) is 35.0 Å². The van der Waals surface area contributed by atoms with Crippen LogP contribution in [-0.4, -0.2) is 51.8 Å². The molecular formula is C17H20N4O3. The molecule has 2 N–H and O–H groups in total. The average molecular weight is 328 g/mol. The lowest BCUT2D eigenvalue weighted by Gasteiger charge is -2.17. The Morgan fingerprint density at radius 3 is 2.79 bits per heavy atom. The van der Waals surface area contributed by atoms with Crippen molar-refractivity contribution in [3.8, 4) is 0 Å². The van der Waals surface area contributed by atoms with Crippen molar-refractivity contribution in [1.29, 1.82) is 0 Å². The number of benzene rings is 1. The van der Waals surface area contributed by atoms with Crippen LogP contribution in [0.5, 0.6) is 0 Å². The number of hydrogen-bond acceptors (Lipinski definition) is 4. The van der Waals surface area contributed by atoms with Crippen LogP contribution in [0.25, 0.3) is 0 Å². The number of aliphatic carboxylic acids is 1. The number of fused-ring (bicyclic) bond motifs is 1. The Kier molecular flexibility index (Phi) is 4.61. The number of carbonyl (C=O) groups is 2. The van der Waals surface area contributed by atoms with Crippen molar-refractivity contribution in [2.45, 2.75) is 19.5 Å². The van der Waals surface area contributed by atoms with E-state index >= 15 is 0 Å². The number of carboxylic acids is 1. The van der Waals surface area contributed by atoms with Gasteiger partial charge in [0.15, 0.2) is 5.69 Å². The summed E-state index contributed by atoms with van der Waals surface area (Å²) >= 11 is 0. The Morgan fingerprint density at radius 2 is 2.08 bits per heavy atom. The van der Waals surface area contributed by atoms with Gasteiger partial charge in [0.25, 0.3) is 5.91 Å². The fourth-order valence-corrected chi connectivity index (χ4v) is 2.93. The third kappa shape index (κ3) is 3.30. The third-order valence-corrected chi connectivity index (χ3v) is 4.10. The molecule has 7 heteroatoms. The van der Waals surface area contributed by atoms with Gasteiger partial charge in [-0.3, -0.25) is 14.3 Å². The molecule has 1 aliphatic heterocycles. The zero-order valence-corrected chi connectivity index (χ0v) is 13.5. The molecule has 1 aromatic carbocycles. The Bertz CT molecular complexity index is 755. The van der Waals surface area contributed by atoms with E-state index in [0.717, 1.165) is 29.8 Å². The van der Waals surface area contributed by atoms with Crippen LogP contribution >= 0.6 is 0 Å². The molecule has 0 fully saturated rings. The van der Waals surface area contributed by atoms with Crippen LogP contribution < -0.4 is 5.32 Å². The zero-order valence-electron chi connectivity index (χ0n) is 13.5. The van der Waals surface area contributed by atoms with Crippen molar-refractivity contribution in [2.24, 2.45) is 0 Å². The quantitative estimate of drug-likeness (QED) is 0.845. The van der Waals surface area contributed by atoms with Crippen LogP contribution in [0, 0.1) is 0 Å². The van der Waals surface area contributed by atoms with Crippen molar-refractivity contribution < 1.29 is 14.7 Å². The number of nitrogens with one attached hydrogen (secondary N) is 1. The average Bonchev–Trinajstić information content (AvgIpc) is 2.93. The highest BCUT2D eigenvalue weighted by Gasteiger charge is 2.27. The lowest BCUT2D eigenvalue weighted by molar-refractivity contribution is -0.137. The van der Waals surface area contributed by atoms with Crippen molar-refractivity contribution in [3.05, 3.63) is 52.8 Å². The van der Waals surface area contributed by atoms with Crippen molar-refractivity contribution in [1.82, 2.24) is 20.0 Å². The van der Waals surface area contributed by atoms with Gasteiger partial charge < -0.3 is 15.3 Å². The van der Waals surface area contributed by atoms with E-state index in [2.05, 4.69) is 10.4 Å². The zero-order chi connectivity index (χ0) is 17.1. The minimum absolute atomic E-state index is 0.341. The van der Waals surface area contributed by atoms with Crippen LogP contribution in [0.4, 0.5) is 0 Å². The van der Waals surface area contributed by atoms with E-state index in [4.69, 9.17) is 5.11 Å². The number of rotatable bonds is 5. The van der Waals surface area contributed by atoms with Gasteiger partial charge in [-0.25, -0.2) is 0 Å². The predicted octanol–water partition coefficient (Wildman–Crippen LogP) is 0.734. The summed E-state index contributed by atoms with van der Waals surface area (Å²) in [5, 5.41) is 16.6. The highest BCUT2D eigenvalue weighted by molar-refractivity contribution is 5.95. The second-order valence-electron chi connectivity index (χ2n) is 5.90. The predicted molar refractivity (Wildman–Crippen MR) is 87.8 cm³/mol. The molecule has 0 unspecified atom stereocenters. The van der Waals surface area contributed by atoms with Gasteiger partial charge in [-0.15, -0.1) is 0 Å². The molecule has 1 aromatic heterocycles. The number of nitrogens with zero attached hydrogens (tertiary/aromatic N) is 3. The van der Waals surface area contributed by atoms with E-state index in [1.54, 1.807) is 0 Å². The first kappa shape index (κ1) is 16.2. The molecular weight excluding hydrogens is 308 g/mol. The largest absolute Gasteiger partial charge is 0.480 e. The van der Waals surface area contributed by atoms with E-state index in [0.29, 0.717) is 18.8 Å². The molecule has 0 saturated carbocycles. The van der Waals surface area contributed by atoms with Crippen molar-refractivity contribution in [2.75, 3.05) is 20.1 Å². The Balaban J connectivity index is 1.92. The van der Waals surface area contributed by atoms with E-state index in [1.165, 1.54) is 11.9 Å². The fraction of sp³-hybridized carbons (Fsp3) is 0.353. The summed E-state index contributed by atoms with van der Waals surface area (Å²) in [6.07, 6.45) is 0.797. The lowest BCUT2D eigenvalue weighted by Crippen LogP contribution is -2.33. The molecule has 0 atom stereocenters. The van der Waals surface area contributed by atoms with Crippen molar-refractivity contribution in [3.63, 3.8) is 0 Å². The minimum Gasteiger partial charge on any atom is -0.480 e. The molecule has 0 spiro atoms. The smallest absolute Gasteiger partial charge is 0.323 e. The Labute approximate surface area is 139 Å². The van der Waals surface area contributed by atoms with E-state index in [9.17, 15) is 9.59 Å². The molecule has 1 amide bonds. The normalized spacial score (nSPS) is 13.4. The van der Waals surface area contributed by atoms with Gasteiger partial charge in [-0.2, -0.15) is 5.10 Å². The van der Waals surface area contributed by atoms with Gasteiger partial charge in [0.05, 0.1) is 6.54 Å². The summed E-state index contributed by atoms with van der Waals surface area (Å²) < 4.78 is 1.87. The molecule has 3 rings (SSSR count). The number of hydrogen-bond donors (Lipinski definition) is 2. The van der Waals surface area contributed by atoms with Crippen molar-refractivity contribution >= 4 is 11.9 Å². The topological polar surface area (TPSA) is 87.5 Å². The van der Waals surface area contributed by atoms with Crippen LogP contribution in [0.15, 0.2) is 30.3 Å². The first-order valence-electron chi connectivity index (χ1n) is 7.86. The number of likely N-dealkylation sites (N-methyl/N-ethyl adjacent to an activating group) is 1. The number of aromatic nitrogens is 2. The first-order chi connectivity index (χ1) is 11.6. The molecule has 24 heavy (non-hydrogen) atoms. The van der Waals surface area contributed by atoms with Gasteiger partial charge in [0.2, 0.25) is 0 Å². The van der Waals surface area contributed by atoms with E-state index in [-0.39, 0.29) is 12.5 Å². The molecule has 0 bridgehead atoms. The molecule has 2 heterocycles. The number of carbonyl (C=O) groups excluding carboxylic acids is 1. The molecule has 126 valence electrons. The maximum absolute atomic E-state index is 12.6. The second kappa shape index (κ2) is 6.84. The van der Waals surface area contributed by atoms with Gasteiger partial charge >= 0.3 is 5.97 Å². The molecule has 0 aliphatic carbocycles. The Hall–Kier alpha value is -2.67. The fourth-order valence-electron chi connectivity index (χ4n) is 2.93. The van der Waals surface area contributed by atoms with Crippen LogP contribution in [0.1, 0.15) is 27.3 Å². The lowest BCUT2D eigenvalue weighted by atomic mass is 10.1. The molecule has 1 aliphatic rings. The van der Waals surface area contributed by atoms with Crippen LogP contribution in [0.2, 0.25) is 0 Å². The van der Waals surface area contributed by atoms with Gasteiger partial charge in [0.1, 0.15) is 6.54 Å². The highest BCUT2D eigenvalue weighted by Crippen LogP contribution is 2.21. The van der Waals surface area contributed by atoms with Gasteiger partial charge in [-0.1, -0.05) is 30.3 Å². The number of amides is 1. The monoisotopic (exact) mass is 328 g/mol. The second-order valence-corrected chi connectivity index (χ2v) is 5.90. The standard InChI is InChI=1S/C17H20N4O3/c1-20(11-15(22)23)17(24)16-13-9-18-8-7-14(13)21(19-16)10-12-5-3-2-4-6-12/h2-6,18H,7-11H2,1H3,(H,22,23). The summed E-state index contributed by atoms with van der Waals surface area (Å²) in [6, 6.07) is 9.95. The first-order valence-corrected chi connectivity index (χ1v) is 7.86. The van der Waals surface area contributed by atoms with Gasteiger partial charge in [-0.05, 0) is 5.56 Å². The number of carboxylic acid groups (broad SMARTS) is 1. The van der Waals surface area contributed by atoms with Crippen LogP contribution in [-0.2, 0) is 24.3 Å². The maximum Gasteiger partial charge on any atom is 0.323 e. The summed E-state index contributed by atoms with van der Waals surface area (Å²) in [5.41, 5.74) is 3.38. The van der Waals surface area contributed by atoms with Crippen LogP contribution in [0.3, 0.4) is 0 Å². The molecule has 7 nitrogen and oxygen atoms in total. The summed E-state index contributed by atoms with van der Waals surface area (Å²) in [5.74, 6) is -1.40. The highest BCUT2D eigenvalue weighted by atomic mass is 16.4. The third-order valence-electron chi connectivity index (χ3n) is 4.10. The molecule has 0 saturated heterocycles. The SMILES string of the molecule is CN(CC(=O)O)C(=O)c1nn(Cc2ccccc2)c2c1CNCC2. The summed E-state index contributed by atoms with van der Waals surface area (Å²) in [4.78, 5) is 24.6. The molecule has 2 aromatic rings. The maximum atomic E-state index is 12.6. The van der Waals surface area contributed by atoms with Gasteiger partial charge in [0, 0.05) is 37.8 Å². The molecule has 0 radical (unpaired) electrons. The Morgan fingerprint density at radius 1 is 1.33 bits per heavy atom. The summed E-state index contributed by atoms with van der Waals surface area (Å²) in [7, 11) is 1.48. The minimum atomic E-state index is -1.04.